The van der Waals surface area contributed by atoms with Crippen LogP contribution in [0.5, 0.6) is 0 Å². The van der Waals surface area contributed by atoms with Crippen LogP contribution in [0, 0.1) is 5.92 Å². The molecular formula is C16H16ClN3O2. The molecule has 1 aliphatic rings. The number of carbonyl (C=O) groups is 1. The summed E-state index contributed by atoms with van der Waals surface area (Å²) < 4.78 is 5.14. The summed E-state index contributed by atoms with van der Waals surface area (Å²) >= 11 is 5.92. The monoisotopic (exact) mass is 317 g/mol. The average Bonchev–Trinajstić information content (AvgIpc) is 2.46. The molecule has 0 unspecified atom stereocenters. The van der Waals surface area contributed by atoms with Crippen molar-refractivity contribution in [3.8, 4) is 0 Å². The van der Waals surface area contributed by atoms with Crippen molar-refractivity contribution in [3.63, 3.8) is 0 Å². The van der Waals surface area contributed by atoms with Crippen molar-refractivity contribution in [2.24, 2.45) is 5.92 Å². The lowest BCUT2D eigenvalue weighted by Gasteiger charge is -2.26. The van der Waals surface area contributed by atoms with E-state index in [2.05, 4.69) is 15.6 Å². The number of pyridine rings is 1. The van der Waals surface area contributed by atoms with Crippen molar-refractivity contribution < 1.29 is 9.53 Å². The van der Waals surface area contributed by atoms with Gasteiger partial charge in [0.2, 0.25) is 0 Å². The van der Waals surface area contributed by atoms with Gasteiger partial charge in [-0.2, -0.15) is 0 Å². The lowest BCUT2D eigenvalue weighted by Crippen LogP contribution is -2.34. The van der Waals surface area contributed by atoms with E-state index in [9.17, 15) is 4.79 Å². The van der Waals surface area contributed by atoms with Gasteiger partial charge in [0.1, 0.15) is 5.82 Å². The second kappa shape index (κ2) is 6.77. The predicted molar refractivity (Wildman–Crippen MR) is 86.4 cm³/mol. The molecule has 0 atom stereocenters. The van der Waals surface area contributed by atoms with Gasteiger partial charge in [-0.1, -0.05) is 17.7 Å². The van der Waals surface area contributed by atoms with E-state index in [-0.39, 0.29) is 5.91 Å². The molecule has 0 bridgehead atoms. The summed E-state index contributed by atoms with van der Waals surface area (Å²) in [6.07, 6.45) is 1.66. The number of ether oxygens (including phenoxy) is 1. The molecule has 3 rings (SSSR count). The fourth-order valence-corrected chi connectivity index (χ4v) is 2.33. The van der Waals surface area contributed by atoms with Crippen LogP contribution in [-0.2, 0) is 4.74 Å². The second-order valence-electron chi connectivity index (χ2n) is 5.15. The van der Waals surface area contributed by atoms with Crippen LogP contribution in [-0.4, -0.2) is 30.6 Å². The summed E-state index contributed by atoms with van der Waals surface area (Å²) in [6.45, 7) is 2.25. The molecule has 1 saturated heterocycles. The minimum absolute atomic E-state index is 0.220. The normalized spacial score (nSPS) is 14.2. The molecule has 1 amide bonds. The number of nitrogens with one attached hydrogen (secondary N) is 2. The number of hydrogen-bond acceptors (Lipinski definition) is 4. The van der Waals surface area contributed by atoms with Crippen molar-refractivity contribution in [1.29, 1.82) is 0 Å². The Morgan fingerprint density at radius 1 is 1.32 bits per heavy atom. The van der Waals surface area contributed by atoms with E-state index in [0.717, 1.165) is 19.8 Å². The van der Waals surface area contributed by atoms with Gasteiger partial charge in [-0.3, -0.25) is 4.79 Å². The number of aromatic nitrogens is 1. The zero-order chi connectivity index (χ0) is 15.4. The molecule has 114 valence electrons. The lowest BCUT2D eigenvalue weighted by atomic mass is 10.1. The van der Waals surface area contributed by atoms with Crippen molar-refractivity contribution in [3.05, 3.63) is 53.2 Å². The predicted octanol–water partition coefficient (Wildman–Crippen LogP) is 3.05. The molecule has 0 radical (unpaired) electrons. The van der Waals surface area contributed by atoms with Crippen LogP contribution in [0.3, 0.4) is 0 Å². The largest absolute Gasteiger partial charge is 0.381 e. The summed E-state index contributed by atoms with van der Waals surface area (Å²) in [7, 11) is 0. The molecule has 6 heteroatoms. The molecule has 22 heavy (non-hydrogen) atoms. The first-order valence-corrected chi connectivity index (χ1v) is 7.44. The number of hydrogen-bond donors (Lipinski definition) is 2. The summed E-state index contributed by atoms with van der Waals surface area (Å²) in [4.78, 5) is 16.7. The number of anilines is 2. The van der Waals surface area contributed by atoms with E-state index >= 15 is 0 Å². The lowest BCUT2D eigenvalue weighted by molar-refractivity contribution is -0.0248. The van der Waals surface area contributed by atoms with Crippen LogP contribution < -0.4 is 10.6 Å². The minimum Gasteiger partial charge on any atom is -0.381 e. The van der Waals surface area contributed by atoms with Crippen molar-refractivity contribution >= 4 is 29.0 Å². The van der Waals surface area contributed by atoms with E-state index in [1.165, 1.54) is 0 Å². The third kappa shape index (κ3) is 3.55. The Labute approximate surface area is 133 Å². The Morgan fingerprint density at radius 2 is 2.18 bits per heavy atom. The van der Waals surface area contributed by atoms with Gasteiger partial charge in [0.25, 0.3) is 5.91 Å². The highest BCUT2D eigenvalue weighted by molar-refractivity contribution is 6.31. The van der Waals surface area contributed by atoms with E-state index in [1.807, 2.05) is 0 Å². The van der Waals surface area contributed by atoms with Crippen LogP contribution >= 0.6 is 11.6 Å². The van der Waals surface area contributed by atoms with Gasteiger partial charge in [0.15, 0.2) is 0 Å². The van der Waals surface area contributed by atoms with Gasteiger partial charge in [0, 0.05) is 29.4 Å². The molecule has 2 heterocycles. The van der Waals surface area contributed by atoms with Crippen molar-refractivity contribution in [2.45, 2.75) is 0 Å². The van der Waals surface area contributed by atoms with Crippen LogP contribution in [0.4, 0.5) is 11.5 Å². The average molecular weight is 318 g/mol. The zero-order valence-electron chi connectivity index (χ0n) is 11.9. The number of amides is 1. The Balaban J connectivity index is 1.71. The van der Waals surface area contributed by atoms with Gasteiger partial charge in [-0.05, 0) is 30.3 Å². The molecule has 0 saturated carbocycles. The first kappa shape index (κ1) is 14.8. The Bertz CT molecular complexity index is 674. The van der Waals surface area contributed by atoms with Gasteiger partial charge < -0.3 is 15.4 Å². The molecule has 2 N–H and O–H groups in total. The number of nitrogens with zero attached hydrogens (tertiary/aromatic N) is 1. The highest BCUT2D eigenvalue weighted by Gasteiger charge is 2.19. The third-order valence-electron chi connectivity index (χ3n) is 3.40. The molecule has 1 aromatic heterocycles. The topological polar surface area (TPSA) is 63.2 Å². The molecule has 1 fully saturated rings. The van der Waals surface area contributed by atoms with E-state index in [1.54, 1.807) is 42.6 Å². The molecule has 0 spiro atoms. The summed E-state index contributed by atoms with van der Waals surface area (Å²) in [6, 6.07) is 10.5. The molecule has 5 nitrogen and oxygen atoms in total. The maximum Gasteiger partial charge on any atom is 0.259 e. The van der Waals surface area contributed by atoms with Gasteiger partial charge in [-0.15, -0.1) is 0 Å². The maximum atomic E-state index is 12.4. The first-order chi connectivity index (χ1) is 10.7. The Morgan fingerprint density at radius 3 is 2.91 bits per heavy atom. The van der Waals surface area contributed by atoms with Crippen LogP contribution in [0.15, 0.2) is 42.6 Å². The standard InChI is InChI=1S/C16H16ClN3O2/c17-12-3-1-4-13(7-12)20-16(21)14-5-2-6-18-15(14)19-8-11-9-22-10-11/h1-7,11H,8-10H2,(H,18,19)(H,20,21). The van der Waals surface area contributed by atoms with Crippen LogP contribution in [0.25, 0.3) is 0 Å². The highest BCUT2D eigenvalue weighted by atomic mass is 35.5. The summed E-state index contributed by atoms with van der Waals surface area (Å²) in [5.74, 6) is 0.836. The fraction of sp³-hybridized carbons (Fsp3) is 0.250. The van der Waals surface area contributed by atoms with Crippen LogP contribution in [0.1, 0.15) is 10.4 Å². The zero-order valence-corrected chi connectivity index (χ0v) is 12.6. The smallest absolute Gasteiger partial charge is 0.259 e. The molecule has 2 aromatic rings. The quantitative estimate of drug-likeness (QED) is 0.889. The minimum atomic E-state index is -0.220. The number of rotatable bonds is 5. The van der Waals surface area contributed by atoms with Crippen LogP contribution in [0.2, 0.25) is 5.02 Å². The SMILES string of the molecule is O=C(Nc1cccc(Cl)c1)c1cccnc1NCC1COC1. The first-order valence-electron chi connectivity index (χ1n) is 7.06. The molecule has 0 aliphatic carbocycles. The maximum absolute atomic E-state index is 12.4. The second-order valence-corrected chi connectivity index (χ2v) is 5.58. The summed E-state index contributed by atoms with van der Waals surface area (Å²) in [5, 5.41) is 6.62. The molecular weight excluding hydrogens is 302 g/mol. The Kier molecular flexibility index (Phi) is 4.56. The Hall–Kier alpha value is -2.11. The highest BCUT2D eigenvalue weighted by Crippen LogP contribution is 2.19. The number of carbonyl (C=O) groups excluding carboxylic acids is 1. The van der Waals surface area contributed by atoms with Gasteiger partial charge in [0.05, 0.1) is 18.8 Å². The van der Waals surface area contributed by atoms with Crippen molar-refractivity contribution in [2.75, 3.05) is 30.4 Å². The van der Waals surface area contributed by atoms with E-state index in [0.29, 0.717) is 28.0 Å². The van der Waals surface area contributed by atoms with Gasteiger partial charge >= 0.3 is 0 Å². The fourth-order valence-electron chi connectivity index (χ4n) is 2.14. The molecule has 1 aromatic carbocycles. The van der Waals surface area contributed by atoms with E-state index in [4.69, 9.17) is 16.3 Å². The van der Waals surface area contributed by atoms with E-state index < -0.39 is 0 Å². The third-order valence-corrected chi connectivity index (χ3v) is 3.64. The molecule has 1 aliphatic heterocycles. The van der Waals surface area contributed by atoms with Gasteiger partial charge in [-0.25, -0.2) is 4.98 Å². The van der Waals surface area contributed by atoms with Crippen molar-refractivity contribution in [1.82, 2.24) is 4.98 Å². The number of halogens is 1. The summed E-state index contributed by atoms with van der Waals surface area (Å²) in [5.41, 5.74) is 1.16. The number of benzene rings is 1.